The summed E-state index contributed by atoms with van der Waals surface area (Å²) in [5.74, 6) is -0.276. The van der Waals surface area contributed by atoms with Crippen molar-refractivity contribution in [2.45, 2.75) is 6.42 Å². The van der Waals surface area contributed by atoms with Gasteiger partial charge in [0.25, 0.3) is 0 Å². The maximum absolute atomic E-state index is 12.7. The third-order valence-electron chi connectivity index (χ3n) is 1.25. The molecule has 0 N–H and O–H groups in total. The van der Waals surface area contributed by atoms with Gasteiger partial charge in [0.2, 0.25) is 0 Å². The van der Waals surface area contributed by atoms with Crippen LogP contribution in [0.25, 0.3) is 0 Å². The molecular formula is C9H8F. The van der Waals surface area contributed by atoms with Gasteiger partial charge < -0.3 is 0 Å². The summed E-state index contributed by atoms with van der Waals surface area (Å²) in [7, 11) is 0. The predicted octanol–water partition coefficient (Wildman–Crippen LogP) is 2.35. The molecule has 0 spiro atoms. The van der Waals surface area contributed by atoms with Crippen molar-refractivity contribution in [2.75, 3.05) is 0 Å². The van der Waals surface area contributed by atoms with E-state index in [1.54, 1.807) is 24.3 Å². The van der Waals surface area contributed by atoms with Crippen molar-refractivity contribution in [3.63, 3.8) is 0 Å². The quantitative estimate of drug-likeness (QED) is 0.546. The highest BCUT2D eigenvalue weighted by Gasteiger charge is 1.95. The second-order valence-electron chi connectivity index (χ2n) is 2.00. The average molecular weight is 135 g/mol. The van der Waals surface area contributed by atoms with Crippen molar-refractivity contribution < 1.29 is 4.39 Å². The van der Waals surface area contributed by atoms with Gasteiger partial charge in [-0.05, 0) is 12.0 Å². The summed E-state index contributed by atoms with van der Waals surface area (Å²) in [5.41, 5.74) is 0.650. The van der Waals surface area contributed by atoms with E-state index >= 15 is 0 Å². The highest BCUT2D eigenvalue weighted by Crippen LogP contribution is 2.05. The maximum Gasteiger partial charge on any atom is 0.134 e. The minimum Gasteiger partial charge on any atom is -0.206 e. The van der Waals surface area contributed by atoms with E-state index in [0.717, 1.165) is 0 Å². The molecule has 10 heavy (non-hydrogen) atoms. The van der Waals surface area contributed by atoms with E-state index in [2.05, 4.69) is 12.6 Å². The minimum absolute atomic E-state index is 0.276. The lowest BCUT2D eigenvalue weighted by molar-refractivity contribution is 0.612. The van der Waals surface area contributed by atoms with E-state index in [0.29, 0.717) is 12.0 Å². The normalized spacial score (nSPS) is 9.30. The van der Waals surface area contributed by atoms with Crippen LogP contribution in [0, 0.1) is 11.9 Å². The van der Waals surface area contributed by atoms with Crippen LogP contribution in [0.15, 0.2) is 30.9 Å². The zero-order valence-corrected chi connectivity index (χ0v) is 5.60. The number of allylic oxidation sites excluding steroid dienone is 1. The highest BCUT2D eigenvalue weighted by atomic mass is 19.1. The fourth-order valence-electron chi connectivity index (χ4n) is 0.765. The molecule has 1 radical (unpaired) electrons. The Kier molecular flexibility index (Phi) is 2.21. The SMILES string of the molecule is C=CCc1ccc[c]c1F. The molecule has 0 saturated heterocycles. The van der Waals surface area contributed by atoms with E-state index in [9.17, 15) is 4.39 Å². The van der Waals surface area contributed by atoms with Gasteiger partial charge >= 0.3 is 0 Å². The lowest BCUT2D eigenvalue weighted by atomic mass is 10.1. The van der Waals surface area contributed by atoms with Crippen LogP contribution in [0.5, 0.6) is 0 Å². The van der Waals surface area contributed by atoms with Crippen LogP contribution in [-0.4, -0.2) is 0 Å². The van der Waals surface area contributed by atoms with Crippen LogP contribution in [0.3, 0.4) is 0 Å². The lowest BCUT2D eigenvalue weighted by Gasteiger charge is -1.95. The molecule has 0 unspecified atom stereocenters. The largest absolute Gasteiger partial charge is 0.206 e. The molecule has 0 aliphatic carbocycles. The van der Waals surface area contributed by atoms with Crippen molar-refractivity contribution in [1.29, 1.82) is 0 Å². The van der Waals surface area contributed by atoms with Crippen molar-refractivity contribution in [3.8, 4) is 0 Å². The number of hydrogen-bond donors (Lipinski definition) is 0. The first-order valence-electron chi connectivity index (χ1n) is 3.10. The highest BCUT2D eigenvalue weighted by molar-refractivity contribution is 5.18. The van der Waals surface area contributed by atoms with Crippen molar-refractivity contribution in [3.05, 3.63) is 48.3 Å². The van der Waals surface area contributed by atoms with E-state index in [-0.39, 0.29) is 5.82 Å². The summed E-state index contributed by atoms with van der Waals surface area (Å²) in [5, 5.41) is 0. The molecule has 0 saturated carbocycles. The number of rotatable bonds is 2. The number of halogens is 1. The van der Waals surface area contributed by atoms with Gasteiger partial charge in [-0.2, -0.15) is 0 Å². The van der Waals surface area contributed by atoms with Crippen LogP contribution in [0.1, 0.15) is 5.56 Å². The monoisotopic (exact) mass is 135 g/mol. The van der Waals surface area contributed by atoms with Gasteiger partial charge in [-0.3, -0.25) is 0 Å². The number of hydrogen-bond acceptors (Lipinski definition) is 0. The van der Waals surface area contributed by atoms with Gasteiger partial charge in [0, 0.05) is 6.07 Å². The molecule has 0 atom stereocenters. The Morgan fingerprint density at radius 3 is 3.10 bits per heavy atom. The van der Waals surface area contributed by atoms with E-state index in [4.69, 9.17) is 0 Å². The zero-order chi connectivity index (χ0) is 7.40. The van der Waals surface area contributed by atoms with Crippen LogP contribution >= 0.6 is 0 Å². The van der Waals surface area contributed by atoms with Crippen LogP contribution < -0.4 is 0 Å². The van der Waals surface area contributed by atoms with Gasteiger partial charge in [0.05, 0.1) is 0 Å². The molecule has 0 fully saturated rings. The van der Waals surface area contributed by atoms with Crippen LogP contribution in [-0.2, 0) is 6.42 Å². The van der Waals surface area contributed by atoms with Gasteiger partial charge in [-0.1, -0.05) is 24.3 Å². The topological polar surface area (TPSA) is 0 Å². The zero-order valence-electron chi connectivity index (χ0n) is 5.60. The third-order valence-corrected chi connectivity index (χ3v) is 1.25. The average Bonchev–Trinajstić information content (AvgIpc) is 1.94. The van der Waals surface area contributed by atoms with Gasteiger partial charge in [-0.15, -0.1) is 6.58 Å². The molecule has 1 aromatic carbocycles. The Bertz CT molecular complexity index is 228. The molecular weight excluding hydrogens is 127 g/mol. The van der Waals surface area contributed by atoms with Crippen molar-refractivity contribution in [2.24, 2.45) is 0 Å². The Morgan fingerprint density at radius 2 is 2.50 bits per heavy atom. The van der Waals surface area contributed by atoms with E-state index < -0.39 is 0 Å². The number of benzene rings is 1. The fourth-order valence-corrected chi connectivity index (χ4v) is 0.765. The summed E-state index contributed by atoms with van der Waals surface area (Å²) < 4.78 is 12.7. The van der Waals surface area contributed by atoms with Gasteiger partial charge in [0.1, 0.15) is 5.82 Å². The second kappa shape index (κ2) is 3.16. The summed E-state index contributed by atoms with van der Waals surface area (Å²) in [6, 6.07) is 7.52. The molecule has 1 rings (SSSR count). The van der Waals surface area contributed by atoms with Crippen LogP contribution in [0.2, 0.25) is 0 Å². The Balaban J connectivity index is 2.91. The molecule has 0 bridgehead atoms. The molecule has 0 heterocycles. The molecule has 0 aliphatic rings. The Morgan fingerprint density at radius 1 is 1.70 bits per heavy atom. The molecule has 0 amide bonds. The van der Waals surface area contributed by atoms with E-state index in [1.165, 1.54) is 0 Å². The molecule has 51 valence electrons. The Hall–Kier alpha value is -1.11. The van der Waals surface area contributed by atoms with Crippen LogP contribution in [0.4, 0.5) is 4.39 Å². The fraction of sp³-hybridized carbons (Fsp3) is 0.111. The summed E-state index contributed by atoms with van der Waals surface area (Å²) in [4.78, 5) is 0. The smallest absolute Gasteiger partial charge is 0.134 e. The molecule has 0 aliphatic heterocycles. The minimum atomic E-state index is -0.276. The Labute approximate surface area is 60.0 Å². The summed E-state index contributed by atoms with van der Waals surface area (Å²) in [6.07, 6.45) is 2.25. The van der Waals surface area contributed by atoms with Crippen molar-refractivity contribution in [1.82, 2.24) is 0 Å². The lowest BCUT2D eigenvalue weighted by Crippen LogP contribution is -1.85. The molecule has 0 nitrogen and oxygen atoms in total. The second-order valence-corrected chi connectivity index (χ2v) is 2.00. The molecule has 1 heteroatoms. The molecule has 1 aromatic rings. The summed E-state index contributed by atoms with van der Waals surface area (Å²) >= 11 is 0. The molecule has 0 aromatic heterocycles. The van der Waals surface area contributed by atoms with Gasteiger partial charge in [0.15, 0.2) is 0 Å². The first kappa shape index (κ1) is 7.00. The standard InChI is InChI=1S/C9H8F/c1-2-5-8-6-3-4-7-9(8)10/h2-4,6H,1,5H2. The first-order valence-corrected chi connectivity index (χ1v) is 3.10. The van der Waals surface area contributed by atoms with Crippen molar-refractivity contribution >= 4 is 0 Å². The van der Waals surface area contributed by atoms with Gasteiger partial charge in [-0.25, -0.2) is 4.39 Å². The van der Waals surface area contributed by atoms with E-state index in [1.807, 2.05) is 0 Å². The summed E-state index contributed by atoms with van der Waals surface area (Å²) in [6.45, 7) is 3.52. The predicted molar refractivity (Wildman–Crippen MR) is 39.1 cm³/mol. The third kappa shape index (κ3) is 1.44. The first-order chi connectivity index (χ1) is 4.84. The maximum atomic E-state index is 12.7.